The van der Waals surface area contributed by atoms with Gasteiger partial charge in [0.05, 0.1) is 18.4 Å². The number of aliphatic hydroxyl groups excluding tert-OH is 1. The van der Waals surface area contributed by atoms with E-state index in [1.165, 1.54) is 0 Å². The molecule has 0 bridgehead atoms. The van der Waals surface area contributed by atoms with Crippen molar-refractivity contribution in [2.75, 3.05) is 18.5 Å². The Morgan fingerprint density at radius 3 is 3.36 bits per heavy atom. The van der Waals surface area contributed by atoms with Crippen LogP contribution in [-0.2, 0) is 4.74 Å². The molecule has 5 nitrogen and oxygen atoms in total. The maximum atomic E-state index is 9.41. The zero-order valence-corrected chi connectivity index (χ0v) is 7.94. The van der Waals surface area contributed by atoms with E-state index < -0.39 is 0 Å². The second-order valence-electron chi connectivity index (χ2n) is 3.52. The summed E-state index contributed by atoms with van der Waals surface area (Å²) in [4.78, 5) is 0. The van der Waals surface area contributed by atoms with Crippen molar-refractivity contribution in [2.45, 2.75) is 25.0 Å². The van der Waals surface area contributed by atoms with Crippen molar-refractivity contribution in [3.63, 3.8) is 0 Å². The Hall–Kier alpha value is -1.07. The molecule has 1 saturated heterocycles. The van der Waals surface area contributed by atoms with Gasteiger partial charge in [0.2, 0.25) is 0 Å². The maximum absolute atomic E-state index is 9.41. The van der Waals surface area contributed by atoms with E-state index in [2.05, 4.69) is 15.5 Å². The van der Waals surface area contributed by atoms with Crippen LogP contribution in [0.1, 0.15) is 12.8 Å². The SMILES string of the molecule is O[C@@H]1CCO[C@H](CNc2ccn[nH]2)C1. The quantitative estimate of drug-likeness (QED) is 0.654. The largest absolute Gasteiger partial charge is 0.393 e. The molecule has 0 spiro atoms. The molecule has 1 aromatic heterocycles. The normalized spacial score (nSPS) is 27.5. The van der Waals surface area contributed by atoms with Gasteiger partial charge in [-0.3, -0.25) is 5.10 Å². The minimum Gasteiger partial charge on any atom is -0.393 e. The highest BCUT2D eigenvalue weighted by molar-refractivity contribution is 5.31. The molecular formula is C9H15N3O2. The average molecular weight is 197 g/mol. The van der Waals surface area contributed by atoms with Crippen molar-refractivity contribution in [1.82, 2.24) is 10.2 Å². The van der Waals surface area contributed by atoms with E-state index in [1.54, 1.807) is 6.20 Å². The molecule has 14 heavy (non-hydrogen) atoms. The first kappa shape index (κ1) is 9.48. The smallest absolute Gasteiger partial charge is 0.121 e. The second kappa shape index (κ2) is 4.43. The van der Waals surface area contributed by atoms with Crippen LogP contribution in [0.3, 0.4) is 0 Å². The number of nitrogens with zero attached hydrogens (tertiary/aromatic N) is 1. The van der Waals surface area contributed by atoms with Crippen LogP contribution >= 0.6 is 0 Å². The van der Waals surface area contributed by atoms with Crippen LogP contribution in [0, 0.1) is 0 Å². The van der Waals surface area contributed by atoms with Crippen LogP contribution in [0.15, 0.2) is 12.3 Å². The van der Waals surface area contributed by atoms with E-state index in [0.717, 1.165) is 12.2 Å². The van der Waals surface area contributed by atoms with Crippen molar-refractivity contribution in [3.05, 3.63) is 12.3 Å². The Morgan fingerprint density at radius 1 is 1.71 bits per heavy atom. The van der Waals surface area contributed by atoms with Crippen LogP contribution < -0.4 is 5.32 Å². The van der Waals surface area contributed by atoms with Gasteiger partial charge in [0.15, 0.2) is 0 Å². The number of rotatable bonds is 3. The van der Waals surface area contributed by atoms with E-state index in [0.29, 0.717) is 19.6 Å². The highest BCUT2D eigenvalue weighted by Crippen LogP contribution is 2.14. The van der Waals surface area contributed by atoms with Crippen molar-refractivity contribution < 1.29 is 9.84 Å². The molecule has 5 heteroatoms. The third-order valence-electron chi connectivity index (χ3n) is 2.36. The average Bonchev–Trinajstić information content (AvgIpc) is 2.67. The molecule has 1 aliphatic rings. The number of aromatic nitrogens is 2. The minimum atomic E-state index is -0.211. The number of nitrogens with one attached hydrogen (secondary N) is 2. The molecule has 0 amide bonds. The Balaban J connectivity index is 1.75. The molecule has 0 aliphatic carbocycles. The first-order valence-corrected chi connectivity index (χ1v) is 4.87. The predicted molar refractivity (Wildman–Crippen MR) is 52.1 cm³/mol. The van der Waals surface area contributed by atoms with Crippen LogP contribution in [0.2, 0.25) is 0 Å². The van der Waals surface area contributed by atoms with Gasteiger partial charge in [-0.2, -0.15) is 5.10 Å². The first-order chi connectivity index (χ1) is 6.84. The first-order valence-electron chi connectivity index (χ1n) is 4.87. The summed E-state index contributed by atoms with van der Waals surface area (Å²) < 4.78 is 5.49. The summed E-state index contributed by atoms with van der Waals surface area (Å²) in [6, 6.07) is 1.86. The molecule has 2 rings (SSSR count). The fourth-order valence-corrected chi connectivity index (χ4v) is 1.58. The summed E-state index contributed by atoms with van der Waals surface area (Å²) in [5, 5.41) is 19.2. The summed E-state index contributed by atoms with van der Waals surface area (Å²) in [6.07, 6.45) is 3.04. The van der Waals surface area contributed by atoms with E-state index in [1.807, 2.05) is 6.07 Å². The van der Waals surface area contributed by atoms with Gasteiger partial charge < -0.3 is 15.2 Å². The fraction of sp³-hybridized carbons (Fsp3) is 0.667. The monoisotopic (exact) mass is 197 g/mol. The molecule has 3 N–H and O–H groups in total. The van der Waals surface area contributed by atoms with Crippen molar-refractivity contribution in [2.24, 2.45) is 0 Å². The summed E-state index contributed by atoms with van der Waals surface area (Å²) in [5.74, 6) is 0.883. The number of hydrogen-bond donors (Lipinski definition) is 3. The summed E-state index contributed by atoms with van der Waals surface area (Å²) in [7, 11) is 0. The lowest BCUT2D eigenvalue weighted by Gasteiger charge is -2.26. The molecule has 0 saturated carbocycles. The van der Waals surface area contributed by atoms with Crippen molar-refractivity contribution >= 4 is 5.82 Å². The zero-order valence-electron chi connectivity index (χ0n) is 7.94. The van der Waals surface area contributed by atoms with Gasteiger partial charge in [0, 0.05) is 19.6 Å². The molecule has 1 aromatic rings. The second-order valence-corrected chi connectivity index (χ2v) is 3.52. The van der Waals surface area contributed by atoms with E-state index in [4.69, 9.17) is 4.74 Å². The maximum Gasteiger partial charge on any atom is 0.121 e. The van der Waals surface area contributed by atoms with Crippen LogP contribution in [0.4, 0.5) is 5.82 Å². The molecule has 0 aromatic carbocycles. The van der Waals surface area contributed by atoms with E-state index in [9.17, 15) is 5.11 Å². The molecule has 2 atom stereocenters. The lowest BCUT2D eigenvalue weighted by molar-refractivity contribution is -0.0365. The lowest BCUT2D eigenvalue weighted by Crippen LogP contribution is -2.33. The van der Waals surface area contributed by atoms with Crippen LogP contribution in [0.5, 0.6) is 0 Å². The van der Waals surface area contributed by atoms with Crippen molar-refractivity contribution in [3.8, 4) is 0 Å². The van der Waals surface area contributed by atoms with Gasteiger partial charge >= 0.3 is 0 Å². The Labute approximate surface area is 82.5 Å². The van der Waals surface area contributed by atoms with Gasteiger partial charge in [0.25, 0.3) is 0 Å². The fourth-order valence-electron chi connectivity index (χ4n) is 1.58. The van der Waals surface area contributed by atoms with Crippen LogP contribution in [0.25, 0.3) is 0 Å². The third-order valence-corrected chi connectivity index (χ3v) is 2.36. The molecule has 1 fully saturated rings. The predicted octanol–water partition coefficient (Wildman–Crippen LogP) is 0.362. The molecule has 2 heterocycles. The Morgan fingerprint density at radius 2 is 2.64 bits per heavy atom. The van der Waals surface area contributed by atoms with Gasteiger partial charge in [-0.05, 0) is 12.5 Å². The third kappa shape index (κ3) is 2.46. The molecule has 0 radical (unpaired) electrons. The highest BCUT2D eigenvalue weighted by Gasteiger charge is 2.20. The molecular weight excluding hydrogens is 182 g/mol. The topological polar surface area (TPSA) is 70.2 Å². The number of anilines is 1. The number of ether oxygens (including phenoxy) is 1. The van der Waals surface area contributed by atoms with E-state index in [-0.39, 0.29) is 12.2 Å². The summed E-state index contributed by atoms with van der Waals surface area (Å²) in [6.45, 7) is 1.36. The molecule has 78 valence electrons. The van der Waals surface area contributed by atoms with E-state index >= 15 is 0 Å². The number of aliphatic hydroxyl groups is 1. The van der Waals surface area contributed by atoms with Crippen molar-refractivity contribution in [1.29, 1.82) is 0 Å². The zero-order chi connectivity index (χ0) is 9.80. The van der Waals surface area contributed by atoms with Crippen LogP contribution in [-0.4, -0.2) is 40.7 Å². The number of H-pyrrole nitrogens is 1. The molecule has 0 unspecified atom stereocenters. The number of aromatic amines is 1. The summed E-state index contributed by atoms with van der Waals surface area (Å²) >= 11 is 0. The lowest BCUT2D eigenvalue weighted by atomic mass is 10.1. The summed E-state index contributed by atoms with van der Waals surface area (Å²) in [5.41, 5.74) is 0. The van der Waals surface area contributed by atoms with Gasteiger partial charge in [-0.1, -0.05) is 0 Å². The Bertz CT molecular complexity index is 263. The van der Waals surface area contributed by atoms with Gasteiger partial charge in [0.1, 0.15) is 5.82 Å². The minimum absolute atomic E-state index is 0.0991. The van der Waals surface area contributed by atoms with Gasteiger partial charge in [-0.25, -0.2) is 0 Å². The highest BCUT2D eigenvalue weighted by atomic mass is 16.5. The standard InChI is InChI=1S/C9H15N3O2/c13-7-2-4-14-8(5-7)6-10-9-1-3-11-12-9/h1,3,7-8,13H,2,4-6H2,(H2,10,11,12)/t7-,8+/m1/s1. The Kier molecular flexibility index (Phi) is 3.00. The number of hydrogen-bond acceptors (Lipinski definition) is 4. The van der Waals surface area contributed by atoms with Gasteiger partial charge in [-0.15, -0.1) is 0 Å². The molecule has 1 aliphatic heterocycles.